The zero-order chi connectivity index (χ0) is 28.9. The zero-order valence-corrected chi connectivity index (χ0v) is 24.0. The summed E-state index contributed by atoms with van der Waals surface area (Å²) in [5, 5.41) is 18.8. The predicted octanol–water partition coefficient (Wildman–Crippen LogP) is 3.26. The number of nitro benzene ring substituents is 1. The second kappa shape index (κ2) is 12.8. The Bertz CT molecular complexity index is 1170. The fourth-order valence-corrected chi connectivity index (χ4v) is 5.18. The number of likely N-dealkylation sites (tertiary alicyclic amines) is 1. The smallest absolute Gasteiger partial charge is 0.410 e. The minimum absolute atomic E-state index is 0.0126. The highest BCUT2D eigenvalue weighted by atomic mass is 16.6. The molecule has 3 heterocycles. The number of hydrogen-bond donors (Lipinski definition) is 1. The number of amides is 2. The van der Waals surface area contributed by atoms with Gasteiger partial charge in [0.2, 0.25) is 0 Å². The van der Waals surface area contributed by atoms with Crippen molar-refractivity contribution in [3.05, 3.63) is 51.8 Å². The molecule has 4 rings (SSSR count). The van der Waals surface area contributed by atoms with Crippen LogP contribution in [0.15, 0.2) is 30.5 Å². The number of likely N-dealkylation sites (N-methyl/N-ethyl adjacent to an activating group) is 1. The quantitative estimate of drug-likeness (QED) is 0.299. The summed E-state index contributed by atoms with van der Waals surface area (Å²) >= 11 is 0. The van der Waals surface area contributed by atoms with Gasteiger partial charge in [0.15, 0.2) is 0 Å². The first-order chi connectivity index (χ1) is 19.0. The molecule has 1 N–H and O–H groups in total. The molecule has 40 heavy (non-hydrogen) atoms. The third-order valence-electron chi connectivity index (χ3n) is 7.42. The van der Waals surface area contributed by atoms with E-state index in [9.17, 15) is 19.7 Å². The molecule has 1 aromatic carbocycles. The van der Waals surface area contributed by atoms with Crippen molar-refractivity contribution in [2.45, 2.75) is 51.6 Å². The van der Waals surface area contributed by atoms with Crippen molar-refractivity contribution in [1.82, 2.24) is 29.8 Å². The van der Waals surface area contributed by atoms with Crippen LogP contribution in [0.3, 0.4) is 0 Å². The Kier molecular flexibility index (Phi) is 9.41. The molecule has 0 unspecified atom stereocenters. The Morgan fingerprint density at radius 3 is 2.33 bits per heavy atom. The van der Waals surface area contributed by atoms with E-state index in [0.717, 1.165) is 44.8 Å². The lowest BCUT2D eigenvalue weighted by atomic mass is 9.91. The van der Waals surface area contributed by atoms with E-state index in [1.807, 2.05) is 20.8 Å². The van der Waals surface area contributed by atoms with Gasteiger partial charge in [-0.15, -0.1) is 0 Å². The molecule has 0 aliphatic carbocycles. The standard InChI is InChI=1S/C28H41N7O5/c1-28(2,3)40-27(37)33-14-10-21(11-15-33)25-24(20-30-34(25)22-6-8-23(9-7-22)35(38)39)26(36)29-12-5-13-32-18-16-31(4)17-19-32/h6-9,20-21H,5,10-19H2,1-4H3,(H,29,36). The molecule has 218 valence electrons. The molecule has 0 radical (unpaired) electrons. The largest absolute Gasteiger partial charge is 0.444 e. The van der Waals surface area contributed by atoms with Crippen LogP contribution in [0.5, 0.6) is 0 Å². The molecule has 2 fully saturated rings. The number of carbonyl (C=O) groups is 2. The molecule has 2 aliphatic rings. The Labute approximate surface area is 235 Å². The second-order valence-electron chi connectivity index (χ2n) is 11.6. The molecule has 0 saturated carbocycles. The van der Waals surface area contributed by atoms with Crippen LogP contribution in [-0.4, -0.2) is 106 Å². The van der Waals surface area contributed by atoms with Gasteiger partial charge >= 0.3 is 6.09 Å². The number of piperazine rings is 1. The molecular formula is C28H41N7O5. The zero-order valence-electron chi connectivity index (χ0n) is 24.0. The lowest BCUT2D eigenvalue weighted by Crippen LogP contribution is -2.45. The van der Waals surface area contributed by atoms with Gasteiger partial charge in [-0.05, 0) is 65.8 Å². The number of hydrogen-bond acceptors (Lipinski definition) is 8. The highest BCUT2D eigenvalue weighted by molar-refractivity contribution is 5.95. The molecule has 2 aromatic rings. The molecule has 0 atom stereocenters. The maximum Gasteiger partial charge on any atom is 0.410 e. The van der Waals surface area contributed by atoms with E-state index in [-0.39, 0.29) is 23.6 Å². The van der Waals surface area contributed by atoms with Crippen molar-refractivity contribution in [1.29, 1.82) is 0 Å². The van der Waals surface area contributed by atoms with Crippen molar-refractivity contribution in [3.8, 4) is 5.69 Å². The predicted molar refractivity (Wildman–Crippen MR) is 151 cm³/mol. The van der Waals surface area contributed by atoms with Gasteiger partial charge in [-0.1, -0.05) is 0 Å². The third kappa shape index (κ3) is 7.57. The average molecular weight is 556 g/mol. The number of non-ortho nitro benzene ring substituents is 1. The van der Waals surface area contributed by atoms with Crippen LogP contribution in [0, 0.1) is 10.1 Å². The fourth-order valence-electron chi connectivity index (χ4n) is 5.18. The third-order valence-corrected chi connectivity index (χ3v) is 7.42. The van der Waals surface area contributed by atoms with E-state index >= 15 is 0 Å². The van der Waals surface area contributed by atoms with Gasteiger partial charge in [0.25, 0.3) is 11.6 Å². The minimum Gasteiger partial charge on any atom is -0.444 e. The van der Waals surface area contributed by atoms with Crippen LogP contribution in [-0.2, 0) is 4.74 Å². The molecule has 2 amide bonds. The summed E-state index contributed by atoms with van der Waals surface area (Å²) in [6.07, 6.45) is 3.37. The highest BCUT2D eigenvalue weighted by Crippen LogP contribution is 2.33. The van der Waals surface area contributed by atoms with E-state index in [2.05, 4.69) is 27.3 Å². The first kappa shape index (κ1) is 29.5. The van der Waals surface area contributed by atoms with Crippen LogP contribution >= 0.6 is 0 Å². The molecule has 0 bridgehead atoms. The summed E-state index contributed by atoms with van der Waals surface area (Å²) in [5.41, 5.74) is 1.31. The summed E-state index contributed by atoms with van der Waals surface area (Å²) in [4.78, 5) is 43.1. The van der Waals surface area contributed by atoms with Crippen molar-refractivity contribution >= 4 is 17.7 Å². The molecule has 2 aliphatic heterocycles. The van der Waals surface area contributed by atoms with E-state index in [1.54, 1.807) is 27.9 Å². The number of aromatic nitrogens is 2. The van der Waals surface area contributed by atoms with Crippen LogP contribution in [0.4, 0.5) is 10.5 Å². The van der Waals surface area contributed by atoms with Gasteiger partial charge in [-0.3, -0.25) is 14.9 Å². The monoisotopic (exact) mass is 555 g/mol. The van der Waals surface area contributed by atoms with Gasteiger partial charge in [0.1, 0.15) is 5.60 Å². The van der Waals surface area contributed by atoms with Gasteiger partial charge in [0, 0.05) is 63.9 Å². The number of piperidine rings is 1. The second-order valence-corrected chi connectivity index (χ2v) is 11.6. The Balaban J connectivity index is 1.47. The molecule has 12 heteroatoms. The van der Waals surface area contributed by atoms with Crippen molar-refractivity contribution in [2.24, 2.45) is 0 Å². The lowest BCUT2D eigenvalue weighted by molar-refractivity contribution is -0.384. The first-order valence-corrected chi connectivity index (χ1v) is 14.0. The first-order valence-electron chi connectivity index (χ1n) is 14.0. The van der Waals surface area contributed by atoms with Gasteiger partial charge < -0.3 is 24.8 Å². The summed E-state index contributed by atoms with van der Waals surface area (Å²) in [6.45, 7) is 12.2. The van der Waals surface area contributed by atoms with Crippen LogP contribution in [0.25, 0.3) is 5.69 Å². The topological polar surface area (TPSA) is 126 Å². The van der Waals surface area contributed by atoms with Crippen molar-refractivity contribution in [2.75, 3.05) is 59.4 Å². The number of nitrogens with zero attached hydrogens (tertiary/aromatic N) is 6. The van der Waals surface area contributed by atoms with E-state index < -0.39 is 10.5 Å². The Morgan fingerprint density at radius 1 is 1.07 bits per heavy atom. The van der Waals surface area contributed by atoms with E-state index in [0.29, 0.717) is 43.7 Å². The summed E-state index contributed by atoms with van der Waals surface area (Å²) in [7, 11) is 2.13. The van der Waals surface area contributed by atoms with Crippen LogP contribution < -0.4 is 5.32 Å². The normalized spacial score (nSPS) is 17.6. The molecule has 0 spiro atoms. The number of benzene rings is 1. The Morgan fingerprint density at radius 2 is 1.73 bits per heavy atom. The molecule has 2 saturated heterocycles. The number of nitro groups is 1. The van der Waals surface area contributed by atoms with Crippen molar-refractivity contribution in [3.63, 3.8) is 0 Å². The van der Waals surface area contributed by atoms with E-state index in [4.69, 9.17) is 4.74 Å². The maximum atomic E-state index is 13.4. The molecule has 1 aromatic heterocycles. The van der Waals surface area contributed by atoms with Crippen molar-refractivity contribution < 1.29 is 19.2 Å². The van der Waals surface area contributed by atoms with Gasteiger partial charge in [0.05, 0.1) is 28.1 Å². The summed E-state index contributed by atoms with van der Waals surface area (Å²) in [5.74, 6) is -0.210. The number of carbonyl (C=O) groups excluding carboxylic acids is 2. The fraction of sp³-hybridized carbons (Fsp3) is 0.607. The lowest BCUT2D eigenvalue weighted by Gasteiger charge is -2.34. The summed E-state index contributed by atoms with van der Waals surface area (Å²) in [6, 6.07) is 6.15. The number of rotatable bonds is 8. The summed E-state index contributed by atoms with van der Waals surface area (Å²) < 4.78 is 7.24. The molecular weight excluding hydrogens is 514 g/mol. The van der Waals surface area contributed by atoms with Crippen LogP contribution in [0.1, 0.15) is 62.0 Å². The average Bonchev–Trinajstić information content (AvgIpc) is 3.36. The van der Waals surface area contributed by atoms with Crippen LogP contribution in [0.2, 0.25) is 0 Å². The maximum absolute atomic E-state index is 13.4. The van der Waals surface area contributed by atoms with E-state index in [1.165, 1.54) is 12.1 Å². The highest BCUT2D eigenvalue weighted by Gasteiger charge is 2.32. The van der Waals surface area contributed by atoms with Gasteiger partial charge in [-0.25, -0.2) is 9.48 Å². The van der Waals surface area contributed by atoms with Gasteiger partial charge in [-0.2, -0.15) is 5.10 Å². The molecule has 12 nitrogen and oxygen atoms in total. The minimum atomic E-state index is -0.571. The Hall–Kier alpha value is -3.51. The number of nitrogens with one attached hydrogen (secondary N) is 1. The number of ether oxygens (including phenoxy) is 1. The SMILES string of the molecule is CN1CCN(CCCNC(=O)c2cnn(-c3ccc([N+](=O)[O-])cc3)c2C2CCN(C(=O)OC(C)(C)C)CC2)CC1.